The molecule has 0 spiro atoms. The number of fused-ring (bicyclic) bond motifs is 1. The van der Waals surface area contributed by atoms with Gasteiger partial charge in [0.05, 0.1) is 6.10 Å². The van der Waals surface area contributed by atoms with Crippen LogP contribution in [0.1, 0.15) is 66.2 Å². The number of aliphatic hydroxyl groups is 1. The highest BCUT2D eigenvalue weighted by Crippen LogP contribution is 2.39. The molecular formula is C26H38N2O. The molecule has 2 atom stereocenters. The summed E-state index contributed by atoms with van der Waals surface area (Å²) in [5, 5.41) is 14.9. The van der Waals surface area contributed by atoms with E-state index in [0.717, 1.165) is 32.4 Å². The molecule has 2 N–H and O–H groups in total. The second kappa shape index (κ2) is 9.32. The summed E-state index contributed by atoms with van der Waals surface area (Å²) >= 11 is 0. The molecule has 1 saturated heterocycles. The predicted octanol–water partition coefficient (Wildman–Crippen LogP) is 5.16. The Balaban J connectivity index is 0.00000117. The Bertz CT molecular complexity index is 823. The third kappa shape index (κ3) is 4.22. The predicted molar refractivity (Wildman–Crippen MR) is 124 cm³/mol. The van der Waals surface area contributed by atoms with Crippen molar-refractivity contribution < 1.29 is 5.11 Å². The van der Waals surface area contributed by atoms with Crippen LogP contribution in [0, 0.1) is 27.7 Å². The molecule has 3 nitrogen and oxygen atoms in total. The van der Waals surface area contributed by atoms with Crippen LogP contribution in [0.2, 0.25) is 0 Å². The number of rotatable bonds is 3. The maximum absolute atomic E-state index is 11.0. The van der Waals surface area contributed by atoms with Crippen molar-refractivity contribution in [2.24, 2.45) is 0 Å². The molecule has 158 valence electrons. The number of piperidine rings is 1. The fraction of sp³-hybridized carbons (Fsp3) is 0.538. The highest BCUT2D eigenvalue weighted by atomic mass is 16.3. The maximum Gasteiger partial charge on any atom is 0.0951 e. The van der Waals surface area contributed by atoms with Crippen LogP contribution in [0.4, 0.5) is 5.69 Å². The first-order valence-corrected chi connectivity index (χ1v) is 11.3. The van der Waals surface area contributed by atoms with Crippen molar-refractivity contribution in [2.75, 3.05) is 18.0 Å². The number of nitrogens with zero attached hydrogens (tertiary/aromatic N) is 1. The van der Waals surface area contributed by atoms with Crippen molar-refractivity contribution in [2.45, 2.75) is 79.0 Å². The van der Waals surface area contributed by atoms with Crippen molar-refractivity contribution >= 4 is 5.69 Å². The van der Waals surface area contributed by atoms with Gasteiger partial charge in [-0.1, -0.05) is 32.0 Å². The normalized spacial score (nSPS) is 21.6. The van der Waals surface area contributed by atoms with Gasteiger partial charge in [-0.2, -0.15) is 0 Å². The molecule has 2 aromatic rings. The Labute approximate surface area is 177 Å². The molecule has 1 aliphatic carbocycles. The monoisotopic (exact) mass is 394 g/mol. The minimum absolute atomic E-state index is 0.145. The molecule has 1 fully saturated rings. The van der Waals surface area contributed by atoms with Gasteiger partial charge in [0.1, 0.15) is 0 Å². The minimum atomic E-state index is -0.384. The number of benzene rings is 2. The van der Waals surface area contributed by atoms with Gasteiger partial charge >= 0.3 is 0 Å². The lowest BCUT2D eigenvalue weighted by atomic mass is 9.90. The summed E-state index contributed by atoms with van der Waals surface area (Å²) in [5.74, 6) is 0. The van der Waals surface area contributed by atoms with E-state index in [4.69, 9.17) is 0 Å². The zero-order valence-electron chi connectivity index (χ0n) is 19.0. The Kier molecular flexibility index (Phi) is 7.02. The van der Waals surface area contributed by atoms with E-state index < -0.39 is 0 Å². The third-order valence-corrected chi connectivity index (χ3v) is 7.04. The molecule has 0 radical (unpaired) electrons. The van der Waals surface area contributed by atoms with E-state index in [1.165, 1.54) is 39.1 Å². The van der Waals surface area contributed by atoms with Crippen LogP contribution in [0.25, 0.3) is 0 Å². The van der Waals surface area contributed by atoms with Crippen LogP contribution in [-0.4, -0.2) is 30.3 Å². The van der Waals surface area contributed by atoms with Crippen molar-refractivity contribution in [1.82, 2.24) is 5.32 Å². The van der Waals surface area contributed by atoms with Gasteiger partial charge < -0.3 is 15.3 Å². The lowest BCUT2D eigenvalue weighted by Gasteiger charge is -2.35. The van der Waals surface area contributed by atoms with E-state index >= 15 is 0 Å². The van der Waals surface area contributed by atoms with Gasteiger partial charge in [0.2, 0.25) is 0 Å². The van der Waals surface area contributed by atoms with E-state index in [9.17, 15) is 5.11 Å². The smallest absolute Gasteiger partial charge is 0.0951 e. The molecule has 2 aromatic carbocycles. The number of hydrogen-bond acceptors (Lipinski definition) is 3. The molecule has 0 amide bonds. The topological polar surface area (TPSA) is 35.5 Å². The van der Waals surface area contributed by atoms with Crippen LogP contribution in [0.15, 0.2) is 30.3 Å². The van der Waals surface area contributed by atoms with Gasteiger partial charge in [0.25, 0.3) is 0 Å². The molecule has 3 heteroatoms. The van der Waals surface area contributed by atoms with Gasteiger partial charge in [-0.05, 0) is 92.5 Å². The minimum Gasteiger partial charge on any atom is -0.387 e. The van der Waals surface area contributed by atoms with Crippen LogP contribution >= 0.6 is 0 Å². The molecule has 4 rings (SSSR count). The van der Waals surface area contributed by atoms with E-state index in [1.54, 1.807) is 0 Å². The second-order valence-electron chi connectivity index (χ2n) is 8.41. The molecule has 2 aliphatic rings. The van der Waals surface area contributed by atoms with Crippen molar-refractivity contribution in [3.63, 3.8) is 0 Å². The largest absolute Gasteiger partial charge is 0.387 e. The molecule has 0 saturated carbocycles. The molecule has 29 heavy (non-hydrogen) atoms. The summed E-state index contributed by atoms with van der Waals surface area (Å²) in [6, 6.07) is 11.3. The highest BCUT2D eigenvalue weighted by Gasteiger charge is 2.36. The summed E-state index contributed by atoms with van der Waals surface area (Å²) in [5.41, 5.74) is 9.26. The van der Waals surface area contributed by atoms with Crippen LogP contribution < -0.4 is 10.2 Å². The standard InChI is InChI=1S/C24H32N2O.C2H6/c1-15-16(2)18(4)23-21(17(15)3)14-22(24(23)27)25-19-10-12-26(13-11-19)20-8-6-5-7-9-20;1-2/h5-9,19,22,24-25,27H,10-14H2,1-4H3;1-2H3/t22-,24+;/m1./s1. The van der Waals surface area contributed by atoms with E-state index in [0.29, 0.717) is 6.04 Å². The van der Waals surface area contributed by atoms with E-state index in [2.05, 4.69) is 68.2 Å². The molecule has 0 bridgehead atoms. The Morgan fingerprint density at radius 2 is 1.45 bits per heavy atom. The molecule has 1 heterocycles. The summed E-state index contributed by atoms with van der Waals surface area (Å²) in [7, 11) is 0. The zero-order chi connectivity index (χ0) is 21.1. The average Bonchev–Trinajstić information content (AvgIpc) is 3.09. The molecule has 1 aliphatic heterocycles. The van der Waals surface area contributed by atoms with Crippen molar-refractivity contribution in [3.05, 3.63) is 63.7 Å². The van der Waals surface area contributed by atoms with Crippen molar-refractivity contribution in [1.29, 1.82) is 0 Å². The quantitative estimate of drug-likeness (QED) is 0.754. The summed E-state index contributed by atoms with van der Waals surface area (Å²) in [4.78, 5) is 2.47. The van der Waals surface area contributed by atoms with Crippen LogP contribution in [0.3, 0.4) is 0 Å². The highest BCUT2D eigenvalue weighted by molar-refractivity contribution is 5.54. The van der Waals surface area contributed by atoms with Gasteiger partial charge in [0.15, 0.2) is 0 Å². The first-order valence-electron chi connectivity index (χ1n) is 11.3. The molecular weight excluding hydrogens is 356 g/mol. The molecule has 0 unspecified atom stereocenters. The van der Waals surface area contributed by atoms with E-state index in [-0.39, 0.29) is 12.1 Å². The summed E-state index contributed by atoms with van der Waals surface area (Å²) in [6.07, 6.45) is 2.82. The number of hydrogen-bond donors (Lipinski definition) is 2. The van der Waals surface area contributed by atoms with Crippen LogP contribution in [-0.2, 0) is 6.42 Å². The molecule has 0 aromatic heterocycles. The summed E-state index contributed by atoms with van der Waals surface area (Å²) < 4.78 is 0. The van der Waals surface area contributed by atoms with Gasteiger partial charge in [0, 0.05) is 30.9 Å². The van der Waals surface area contributed by atoms with Crippen LogP contribution in [0.5, 0.6) is 0 Å². The number of nitrogens with one attached hydrogen (secondary N) is 1. The fourth-order valence-corrected chi connectivity index (χ4v) is 5.01. The lowest BCUT2D eigenvalue weighted by Crippen LogP contribution is -2.47. The fourth-order valence-electron chi connectivity index (χ4n) is 5.01. The zero-order valence-corrected chi connectivity index (χ0v) is 19.0. The number of para-hydroxylation sites is 1. The average molecular weight is 395 g/mol. The maximum atomic E-state index is 11.0. The van der Waals surface area contributed by atoms with Gasteiger partial charge in [-0.3, -0.25) is 0 Å². The SMILES string of the molecule is CC.Cc1c(C)c(C)c2c(c1C)C[C@@H](NC1CCN(c3ccccc3)CC1)[C@@H]2O. The Morgan fingerprint density at radius 1 is 0.862 bits per heavy atom. The van der Waals surface area contributed by atoms with Gasteiger partial charge in [-0.25, -0.2) is 0 Å². The first kappa shape index (κ1) is 21.9. The summed E-state index contributed by atoms with van der Waals surface area (Å²) in [6.45, 7) is 14.9. The van der Waals surface area contributed by atoms with Crippen molar-refractivity contribution in [3.8, 4) is 0 Å². The van der Waals surface area contributed by atoms with E-state index in [1.807, 2.05) is 13.8 Å². The Morgan fingerprint density at radius 3 is 2.07 bits per heavy atom. The number of aliphatic hydroxyl groups excluding tert-OH is 1. The third-order valence-electron chi connectivity index (χ3n) is 7.04. The Hall–Kier alpha value is -1.84. The lowest BCUT2D eigenvalue weighted by molar-refractivity contribution is 0.131. The number of anilines is 1. The first-order chi connectivity index (χ1) is 14.0. The second-order valence-corrected chi connectivity index (χ2v) is 8.41. The van der Waals surface area contributed by atoms with Gasteiger partial charge in [-0.15, -0.1) is 0 Å².